The summed E-state index contributed by atoms with van der Waals surface area (Å²) in [7, 11) is -3.67. The fourth-order valence-corrected chi connectivity index (χ4v) is 5.88. The van der Waals surface area contributed by atoms with E-state index in [0.29, 0.717) is 25.9 Å². The van der Waals surface area contributed by atoms with Crippen LogP contribution in [-0.2, 0) is 26.0 Å². The third-order valence-electron chi connectivity index (χ3n) is 6.29. The highest BCUT2D eigenvalue weighted by Gasteiger charge is 2.26. The van der Waals surface area contributed by atoms with Crippen LogP contribution >= 0.6 is 0 Å². The summed E-state index contributed by atoms with van der Waals surface area (Å²) < 4.78 is 27.3. The Morgan fingerprint density at radius 2 is 1.56 bits per heavy atom. The molecule has 10 nitrogen and oxygen atoms in total. The maximum atomic E-state index is 12.9. The van der Waals surface area contributed by atoms with Gasteiger partial charge in [-0.25, -0.2) is 8.42 Å². The molecule has 1 unspecified atom stereocenters. The van der Waals surface area contributed by atoms with E-state index in [2.05, 4.69) is 21.2 Å². The van der Waals surface area contributed by atoms with E-state index >= 15 is 0 Å². The van der Waals surface area contributed by atoms with Crippen LogP contribution in [0.5, 0.6) is 0 Å². The molecule has 39 heavy (non-hydrogen) atoms. The Balaban J connectivity index is 1.59. The SMILES string of the molecule is CCCN(CCC)S(=O)(=O)c1ccc(C(=O)NNC(=O)C(NC(=O)Cc2c[nH]c3ccccc23)C(C)C)cc1. The predicted octanol–water partition coefficient (Wildman–Crippen LogP) is 3.12. The van der Waals surface area contributed by atoms with E-state index < -0.39 is 27.9 Å². The second kappa shape index (κ2) is 13.4. The van der Waals surface area contributed by atoms with E-state index in [4.69, 9.17) is 0 Å². The van der Waals surface area contributed by atoms with Crippen LogP contribution in [0, 0.1) is 5.92 Å². The van der Waals surface area contributed by atoms with Gasteiger partial charge in [-0.05, 0) is 54.7 Å². The second-order valence-corrected chi connectivity index (χ2v) is 11.6. The fraction of sp³-hybridized carbons (Fsp3) is 0.393. The molecule has 0 spiro atoms. The molecule has 3 aromatic rings. The number of hydrazine groups is 1. The Kier molecular flexibility index (Phi) is 10.2. The molecule has 4 N–H and O–H groups in total. The lowest BCUT2D eigenvalue weighted by Crippen LogP contribution is -2.54. The van der Waals surface area contributed by atoms with Crippen molar-refractivity contribution in [3.63, 3.8) is 0 Å². The molecule has 0 saturated heterocycles. The number of aromatic amines is 1. The number of nitrogens with zero attached hydrogens (tertiary/aromatic N) is 1. The van der Waals surface area contributed by atoms with Gasteiger partial charge in [-0.3, -0.25) is 25.2 Å². The van der Waals surface area contributed by atoms with Gasteiger partial charge in [-0.2, -0.15) is 4.31 Å². The van der Waals surface area contributed by atoms with Crippen molar-refractivity contribution in [1.82, 2.24) is 25.5 Å². The van der Waals surface area contributed by atoms with Crippen molar-refractivity contribution in [3.8, 4) is 0 Å². The Hall–Kier alpha value is -3.70. The highest BCUT2D eigenvalue weighted by atomic mass is 32.2. The quantitative estimate of drug-likeness (QED) is 0.254. The lowest BCUT2D eigenvalue weighted by Gasteiger charge is -2.22. The number of H-pyrrole nitrogens is 1. The average molecular weight is 556 g/mol. The maximum absolute atomic E-state index is 12.9. The van der Waals surface area contributed by atoms with Gasteiger partial charge in [0, 0.05) is 35.8 Å². The number of carbonyl (C=O) groups excluding carboxylic acids is 3. The van der Waals surface area contributed by atoms with Gasteiger partial charge in [-0.15, -0.1) is 0 Å². The molecule has 0 fully saturated rings. The summed E-state index contributed by atoms with van der Waals surface area (Å²) in [5.41, 5.74) is 6.63. The van der Waals surface area contributed by atoms with Gasteiger partial charge in [-0.1, -0.05) is 45.9 Å². The fourth-order valence-electron chi connectivity index (χ4n) is 4.26. The zero-order chi connectivity index (χ0) is 28.6. The first kappa shape index (κ1) is 29.9. The number of fused-ring (bicyclic) bond motifs is 1. The number of amides is 3. The number of hydrogen-bond donors (Lipinski definition) is 4. The summed E-state index contributed by atoms with van der Waals surface area (Å²) in [5, 5.41) is 3.69. The van der Waals surface area contributed by atoms with Crippen molar-refractivity contribution in [2.24, 2.45) is 5.92 Å². The minimum absolute atomic E-state index is 0.0933. The molecule has 0 saturated carbocycles. The normalized spacial score (nSPS) is 12.5. The molecule has 3 amide bonds. The van der Waals surface area contributed by atoms with Gasteiger partial charge in [0.1, 0.15) is 6.04 Å². The predicted molar refractivity (Wildman–Crippen MR) is 150 cm³/mol. The largest absolute Gasteiger partial charge is 0.361 e. The van der Waals surface area contributed by atoms with Crippen molar-refractivity contribution in [3.05, 3.63) is 65.9 Å². The van der Waals surface area contributed by atoms with Crippen molar-refractivity contribution in [2.45, 2.75) is 57.9 Å². The Labute approximate surface area is 229 Å². The minimum atomic E-state index is -3.67. The summed E-state index contributed by atoms with van der Waals surface area (Å²) in [6, 6.07) is 12.3. The van der Waals surface area contributed by atoms with Crippen molar-refractivity contribution in [2.75, 3.05) is 13.1 Å². The van der Waals surface area contributed by atoms with Gasteiger partial charge in [0.2, 0.25) is 15.9 Å². The number of rotatable bonds is 12. The Morgan fingerprint density at radius 3 is 2.18 bits per heavy atom. The summed E-state index contributed by atoms with van der Waals surface area (Å²) in [6.07, 6.45) is 3.26. The molecular weight excluding hydrogens is 518 g/mol. The van der Waals surface area contributed by atoms with E-state index in [1.807, 2.05) is 38.1 Å². The first-order valence-electron chi connectivity index (χ1n) is 13.1. The van der Waals surface area contributed by atoms with Crippen molar-refractivity contribution < 1.29 is 22.8 Å². The zero-order valence-electron chi connectivity index (χ0n) is 22.8. The number of aromatic nitrogens is 1. The molecule has 0 aliphatic carbocycles. The molecule has 0 aliphatic rings. The third-order valence-corrected chi connectivity index (χ3v) is 8.20. The van der Waals surface area contributed by atoms with Gasteiger partial charge in [0.05, 0.1) is 11.3 Å². The molecule has 11 heteroatoms. The van der Waals surface area contributed by atoms with E-state index in [0.717, 1.165) is 16.5 Å². The Morgan fingerprint density at radius 1 is 0.923 bits per heavy atom. The third kappa shape index (κ3) is 7.45. The van der Waals surface area contributed by atoms with Gasteiger partial charge in [0.25, 0.3) is 11.8 Å². The summed E-state index contributed by atoms with van der Waals surface area (Å²) in [4.78, 5) is 41.4. The van der Waals surface area contributed by atoms with Gasteiger partial charge >= 0.3 is 0 Å². The average Bonchev–Trinajstić information content (AvgIpc) is 3.32. The van der Waals surface area contributed by atoms with Crippen LogP contribution in [0.15, 0.2) is 59.6 Å². The molecular formula is C28H37N5O5S. The van der Waals surface area contributed by atoms with Crippen LogP contribution in [0.4, 0.5) is 0 Å². The molecule has 1 aromatic heterocycles. The highest BCUT2D eigenvalue weighted by molar-refractivity contribution is 7.89. The summed E-state index contributed by atoms with van der Waals surface area (Å²) in [5.74, 6) is -1.75. The first-order chi connectivity index (χ1) is 18.6. The molecule has 0 aliphatic heterocycles. The molecule has 0 bridgehead atoms. The van der Waals surface area contributed by atoms with E-state index in [-0.39, 0.29) is 28.7 Å². The smallest absolute Gasteiger partial charge is 0.269 e. The van der Waals surface area contributed by atoms with Gasteiger partial charge in [0.15, 0.2) is 0 Å². The van der Waals surface area contributed by atoms with Crippen LogP contribution in [-0.4, -0.2) is 54.6 Å². The summed E-state index contributed by atoms with van der Waals surface area (Å²) in [6.45, 7) is 8.24. The minimum Gasteiger partial charge on any atom is -0.361 e. The number of sulfonamides is 1. The summed E-state index contributed by atoms with van der Waals surface area (Å²) >= 11 is 0. The number of para-hydroxylation sites is 1. The number of nitrogens with one attached hydrogen (secondary N) is 4. The van der Waals surface area contributed by atoms with Crippen LogP contribution in [0.3, 0.4) is 0 Å². The van der Waals surface area contributed by atoms with E-state index in [1.165, 1.54) is 28.6 Å². The van der Waals surface area contributed by atoms with Crippen molar-refractivity contribution in [1.29, 1.82) is 0 Å². The van der Waals surface area contributed by atoms with Crippen LogP contribution in [0.2, 0.25) is 0 Å². The Bertz CT molecular complexity index is 1390. The lowest BCUT2D eigenvalue weighted by molar-refractivity contribution is -0.130. The van der Waals surface area contributed by atoms with Crippen LogP contribution < -0.4 is 16.2 Å². The van der Waals surface area contributed by atoms with E-state index in [1.54, 1.807) is 20.0 Å². The highest BCUT2D eigenvalue weighted by Crippen LogP contribution is 2.19. The maximum Gasteiger partial charge on any atom is 0.269 e. The zero-order valence-corrected chi connectivity index (χ0v) is 23.6. The van der Waals surface area contributed by atoms with Gasteiger partial charge < -0.3 is 10.3 Å². The van der Waals surface area contributed by atoms with Crippen LogP contribution in [0.1, 0.15) is 56.5 Å². The molecule has 210 valence electrons. The lowest BCUT2D eigenvalue weighted by atomic mass is 10.0. The molecule has 2 aromatic carbocycles. The standard InChI is InChI=1S/C28H37N5O5S/c1-5-15-33(16-6-2)39(37,38)22-13-11-20(12-14-22)27(35)31-32-28(36)26(19(3)4)30-25(34)17-21-18-29-24-10-8-7-9-23(21)24/h7-14,18-19,26,29H,5-6,15-17H2,1-4H3,(H,30,34)(H,31,35)(H,32,36). The molecule has 1 atom stereocenters. The van der Waals surface area contributed by atoms with E-state index in [9.17, 15) is 22.8 Å². The first-order valence-corrected chi connectivity index (χ1v) is 14.6. The number of carbonyl (C=O) groups is 3. The molecule has 1 heterocycles. The van der Waals surface area contributed by atoms with Crippen molar-refractivity contribution >= 4 is 38.6 Å². The topological polar surface area (TPSA) is 140 Å². The monoisotopic (exact) mass is 555 g/mol. The second-order valence-electron chi connectivity index (χ2n) is 9.70. The number of benzene rings is 2. The number of hydrogen-bond acceptors (Lipinski definition) is 5. The molecule has 3 rings (SSSR count). The molecule has 0 radical (unpaired) electrons. The van der Waals surface area contributed by atoms with Crippen LogP contribution in [0.25, 0.3) is 10.9 Å².